The molecule has 1 aromatic carbocycles. The second-order valence-corrected chi connectivity index (χ2v) is 6.61. The van der Waals surface area contributed by atoms with Crippen LogP contribution in [0.25, 0.3) is 5.57 Å². The van der Waals surface area contributed by atoms with Crippen LogP contribution in [-0.2, 0) is 12.8 Å². The van der Waals surface area contributed by atoms with Crippen LogP contribution in [0.2, 0.25) is 0 Å². The molecule has 0 radical (unpaired) electrons. The van der Waals surface area contributed by atoms with Gasteiger partial charge in [-0.15, -0.1) is 0 Å². The van der Waals surface area contributed by atoms with Gasteiger partial charge in [-0.25, -0.2) is 0 Å². The van der Waals surface area contributed by atoms with Gasteiger partial charge in [-0.1, -0.05) is 55.7 Å². The Kier molecular flexibility index (Phi) is 4.95. The van der Waals surface area contributed by atoms with Gasteiger partial charge < -0.3 is 0 Å². The van der Waals surface area contributed by atoms with Crippen molar-refractivity contribution >= 4 is 5.57 Å². The van der Waals surface area contributed by atoms with Crippen molar-refractivity contribution in [2.24, 2.45) is 0 Å². The van der Waals surface area contributed by atoms with Gasteiger partial charge in [0.25, 0.3) is 0 Å². The topological polar surface area (TPSA) is 12.9 Å². The maximum atomic E-state index is 4.80. The number of pyridine rings is 1. The van der Waals surface area contributed by atoms with Crippen LogP contribution in [0.3, 0.4) is 0 Å². The van der Waals surface area contributed by atoms with Gasteiger partial charge in [-0.3, -0.25) is 4.98 Å². The summed E-state index contributed by atoms with van der Waals surface area (Å²) < 4.78 is 0. The van der Waals surface area contributed by atoms with Crippen LogP contribution in [0.15, 0.2) is 42.1 Å². The first kappa shape index (κ1) is 16.0. The molecule has 0 N–H and O–H groups in total. The fourth-order valence-corrected chi connectivity index (χ4v) is 3.66. The third-order valence-electron chi connectivity index (χ3n) is 4.93. The second kappa shape index (κ2) is 7.12. The normalized spacial score (nSPS) is 15.6. The van der Waals surface area contributed by atoms with Gasteiger partial charge in [-0.2, -0.15) is 0 Å². The number of rotatable bonds is 4. The maximum absolute atomic E-state index is 4.80. The van der Waals surface area contributed by atoms with Gasteiger partial charge >= 0.3 is 0 Å². The highest BCUT2D eigenvalue weighted by molar-refractivity contribution is 5.84. The van der Waals surface area contributed by atoms with Crippen LogP contribution in [0.1, 0.15) is 67.5 Å². The van der Waals surface area contributed by atoms with E-state index in [2.05, 4.69) is 51.1 Å². The molecular weight excluding hydrogens is 278 g/mol. The van der Waals surface area contributed by atoms with Crippen LogP contribution < -0.4 is 0 Å². The van der Waals surface area contributed by atoms with Crippen molar-refractivity contribution in [3.8, 4) is 0 Å². The van der Waals surface area contributed by atoms with Crippen LogP contribution in [0.5, 0.6) is 0 Å². The summed E-state index contributed by atoms with van der Waals surface area (Å²) >= 11 is 0. The summed E-state index contributed by atoms with van der Waals surface area (Å²) in [6.45, 7) is 6.76. The van der Waals surface area contributed by atoms with E-state index in [0.29, 0.717) is 0 Å². The summed E-state index contributed by atoms with van der Waals surface area (Å²) in [5.74, 6) is 0. The summed E-state index contributed by atoms with van der Waals surface area (Å²) in [7, 11) is 0. The lowest BCUT2D eigenvalue weighted by Gasteiger charge is -2.17. The Hall–Kier alpha value is -1.89. The SMILES string of the molecule is CCCC/C(CC)=C1/c2ccc(C)cc2CCc2cccnc21. The van der Waals surface area contributed by atoms with Gasteiger partial charge in [0.1, 0.15) is 0 Å². The molecule has 3 rings (SSSR count). The molecule has 1 aliphatic rings. The smallest absolute Gasteiger partial charge is 0.0739 e. The van der Waals surface area contributed by atoms with Crippen molar-refractivity contribution in [3.63, 3.8) is 0 Å². The highest BCUT2D eigenvalue weighted by atomic mass is 14.7. The highest BCUT2D eigenvalue weighted by Gasteiger charge is 2.21. The van der Waals surface area contributed by atoms with Crippen LogP contribution in [0.4, 0.5) is 0 Å². The number of benzene rings is 1. The van der Waals surface area contributed by atoms with Crippen molar-refractivity contribution in [2.45, 2.75) is 59.3 Å². The standard InChI is InChI=1S/C22H27N/c1-4-6-8-17(5-2)21-20-13-10-16(3)15-19(20)12-11-18-9-7-14-23-22(18)21/h7,9-10,13-15H,4-6,8,11-12H2,1-3H3/b21-17-. The number of nitrogens with zero attached hydrogens (tertiary/aromatic N) is 1. The molecule has 120 valence electrons. The number of unbranched alkanes of at least 4 members (excludes halogenated alkanes) is 1. The van der Waals surface area contributed by atoms with Crippen LogP contribution >= 0.6 is 0 Å². The molecule has 0 aliphatic heterocycles. The molecule has 0 unspecified atom stereocenters. The molecule has 0 saturated carbocycles. The molecule has 0 saturated heterocycles. The van der Waals surface area contributed by atoms with E-state index >= 15 is 0 Å². The molecule has 0 atom stereocenters. The van der Waals surface area contributed by atoms with Gasteiger partial charge in [0.15, 0.2) is 0 Å². The summed E-state index contributed by atoms with van der Waals surface area (Å²) in [4.78, 5) is 4.80. The molecule has 2 aromatic rings. The molecule has 1 nitrogen and oxygen atoms in total. The number of fused-ring (bicyclic) bond motifs is 2. The first-order valence-electron chi connectivity index (χ1n) is 9.00. The van der Waals surface area contributed by atoms with E-state index < -0.39 is 0 Å². The monoisotopic (exact) mass is 305 g/mol. The largest absolute Gasteiger partial charge is 0.256 e. The zero-order chi connectivity index (χ0) is 16.2. The molecule has 1 aliphatic carbocycles. The zero-order valence-corrected chi connectivity index (χ0v) is 14.7. The molecule has 1 aromatic heterocycles. The molecule has 1 heterocycles. The fraction of sp³-hybridized carbons (Fsp3) is 0.409. The third kappa shape index (κ3) is 3.24. The van der Waals surface area contributed by atoms with E-state index in [4.69, 9.17) is 4.98 Å². The summed E-state index contributed by atoms with van der Waals surface area (Å²) in [6.07, 6.45) is 8.95. The molecular formula is C22H27N. The summed E-state index contributed by atoms with van der Waals surface area (Å²) in [5, 5.41) is 0. The average Bonchev–Trinajstić information content (AvgIpc) is 2.73. The van der Waals surface area contributed by atoms with E-state index in [1.807, 2.05) is 6.20 Å². The maximum Gasteiger partial charge on any atom is 0.0739 e. The number of aryl methyl sites for hydroxylation is 3. The Morgan fingerprint density at radius 3 is 2.70 bits per heavy atom. The molecule has 0 bridgehead atoms. The van der Waals surface area contributed by atoms with E-state index in [0.717, 1.165) is 19.3 Å². The fourth-order valence-electron chi connectivity index (χ4n) is 3.66. The first-order chi connectivity index (χ1) is 11.2. The minimum absolute atomic E-state index is 1.09. The third-order valence-corrected chi connectivity index (χ3v) is 4.93. The lowest BCUT2D eigenvalue weighted by Crippen LogP contribution is -2.00. The zero-order valence-electron chi connectivity index (χ0n) is 14.7. The van der Waals surface area contributed by atoms with Crippen molar-refractivity contribution < 1.29 is 0 Å². The molecule has 0 amide bonds. The van der Waals surface area contributed by atoms with Gasteiger partial charge in [0.2, 0.25) is 0 Å². The second-order valence-electron chi connectivity index (χ2n) is 6.61. The Labute approximate surface area is 140 Å². The molecule has 0 spiro atoms. The van der Waals surface area contributed by atoms with Crippen molar-refractivity contribution in [1.82, 2.24) is 4.98 Å². The first-order valence-corrected chi connectivity index (χ1v) is 9.00. The Morgan fingerprint density at radius 1 is 1.09 bits per heavy atom. The Morgan fingerprint density at radius 2 is 1.91 bits per heavy atom. The molecule has 23 heavy (non-hydrogen) atoms. The lowest BCUT2D eigenvalue weighted by molar-refractivity contribution is 0.767. The van der Waals surface area contributed by atoms with Gasteiger partial charge in [0, 0.05) is 11.8 Å². The van der Waals surface area contributed by atoms with E-state index in [9.17, 15) is 0 Å². The van der Waals surface area contributed by atoms with E-state index in [1.54, 1.807) is 5.57 Å². The minimum Gasteiger partial charge on any atom is -0.256 e. The number of aromatic nitrogens is 1. The predicted molar refractivity (Wildman–Crippen MR) is 98.7 cm³/mol. The van der Waals surface area contributed by atoms with Gasteiger partial charge in [0.05, 0.1) is 5.69 Å². The summed E-state index contributed by atoms with van der Waals surface area (Å²) in [5.41, 5.74) is 9.87. The lowest BCUT2D eigenvalue weighted by atomic mass is 9.89. The number of allylic oxidation sites excluding steroid dienone is 1. The number of hydrogen-bond donors (Lipinski definition) is 0. The minimum atomic E-state index is 1.09. The Bertz CT molecular complexity index is 725. The van der Waals surface area contributed by atoms with Gasteiger partial charge in [-0.05, 0) is 61.8 Å². The van der Waals surface area contributed by atoms with Crippen molar-refractivity contribution in [2.75, 3.05) is 0 Å². The molecule has 0 fully saturated rings. The average molecular weight is 305 g/mol. The van der Waals surface area contributed by atoms with Crippen LogP contribution in [0, 0.1) is 6.92 Å². The van der Waals surface area contributed by atoms with E-state index in [1.165, 1.54) is 52.8 Å². The van der Waals surface area contributed by atoms with E-state index in [-0.39, 0.29) is 0 Å². The van der Waals surface area contributed by atoms with Crippen molar-refractivity contribution in [1.29, 1.82) is 0 Å². The highest BCUT2D eigenvalue weighted by Crippen LogP contribution is 2.37. The Balaban J connectivity index is 2.24. The predicted octanol–water partition coefficient (Wildman–Crippen LogP) is 5.89. The quantitative estimate of drug-likeness (QED) is 0.686. The molecule has 1 heteroatoms. The van der Waals surface area contributed by atoms with Crippen LogP contribution in [-0.4, -0.2) is 4.98 Å². The number of hydrogen-bond acceptors (Lipinski definition) is 1. The summed E-state index contributed by atoms with van der Waals surface area (Å²) in [6, 6.07) is 11.3. The van der Waals surface area contributed by atoms with Crippen molar-refractivity contribution in [3.05, 3.63) is 70.0 Å².